The summed E-state index contributed by atoms with van der Waals surface area (Å²) in [6.45, 7) is 0.518. The van der Waals surface area contributed by atoms with Gasteiger partial charge >= 0.3 is 6.18 Å². The summed E-state index contributed by atoms with van der Waals surface area (Å²) in [5.74, 6) is -1.05. The SMILES string of the molecule is CC(F)(CNC(=O)c1ccccc1C(F)(F)F)c1ncc(-c2ccc(Cl)cc2)cc1Cl. The number of hydrogen-bond donors (Lipinski definition) is 1. The maximum atomic E-state index is 15.3. The van der Waals surface area contributed by atoms with Crippen molar-refractivity contribution in [3.05, 3.63) is 87.7 Å². The molecule has 0 radical (unpaired) electrons. The second kappa shape index (κ2) is 8.85. The Morgan fingerprint density at radius 2 is 1.65 bits per heavy atom. The van der Waals surface area contributed by atoms with Gasteiger partial charge in [0.15, 0.2) is 5.67 Å². The van der Waals surface area contributed by atoms with E-state index in [1.165, 1.54) is 24.4 Å². The molecule has 1 N–H and O–H groups in total. The van der Waals surface area contributed by atoms with Crippen LogP contribution in [0.3, 0.4) is 0 Å². The summed E-state index contributed by atoms with van der Waals surface area (Å²) in [5.41, 5.74) is -2.67. The normalized spacial score (nSPS) is 13.5. The minimum atomic E-state index is -4.71. The van der Waals surface area contributed by atoms with Crippen LogP contribution < -0.4 is 5.32 Å². The van der Waals surface area contributed by atoms with Crippen LogP contribution in [0.15, 0.2) is 60.8 Å². The van der Waals surface area contributed by atoms with Crippen molar-refractivity contribution in [1.29, 1.82) is 0 Å². The number of carbonyl (C=O) groups excluding carboxylic acids is 1. The molecule has 3 nitrogen and oxygen atoms in total. The molecule has 0 aliphatic carbocycles. The molecule has 0 bridgehead atoms. The third-order valence-electron chi connectivity index (χ3n) is 4.57. The van der Waals surface area contributed by atoms with Crippen LogP contribution in [0.5, 0.6) is 0 Å². The van der Waals surface area contributed by atoms with Crippen LogP contribution in [0.1, 0.15) is 28.5 Å². The highest BCUT2D eigenvalue weighted by Crippen LogP contribution is 2.34. The molecule has 1 unspecified atom stereocenters. The fourth-order valence-electron chi connectivity index (χ4n) is 2.98. The van der Waals surface area contributed by atoms with Gasteiger partial charge in [0.25, 0.3) is 5.91 Å². The molecule has 1 amide bonds. The molecule has 31 heavy (non-hydrogen) atoms. The number of amides is 1. The van der Waals surface area contributed by atoms with Gasteiger partial charge in [-0.05, 0) is 42.8 Å². The molecule has 9 heteroatoms. The Morgan fingerprint density at radius 3 is 2.26 bits per heavy atom. The maximum Gasteiger partial charge on any atom is 0.417 e. The first kappa shape index (κ1) is 23.0. The number of pyridine rings is 1. The minimum absolute atomic E-state index is 0.0161. The van der Waals surface area contributed by atoms with Gasteiger partial charge in [0.05, 0.1) is 28.4 Å². The van der Waals surface area contributed by atoms with Gasteiger partial charge in [0.2, 0.25) is 0 Å². The molecule has 0 saturated carbocycles. The molecular weight excluding hydrogens is 455 g/mol. The summed E-state index contributed by atoms with van der Waals surface area (Å²) in [6.07, 6.45) is -3.29. The lowest BCUT2D eigenvalue weighted by Crippen LogP contribution is -2.37. The number of alkyl halides is 4. The lowest BCUT2D eigenvalue weighted by Gasteiger charge is -2.22. The lowest BCUT2D eigenvalue weighted by molar-refractivity contribution is -0.137. The van der Waals surface area contributed by atoms with Crippen molar-refractivity contribution in [1.82, 2.24) is 10.3 Å². The standard InChI is InChI=1S/C22H16Cl2F4N2O/c1-21(25,12-30-20(31)16-4-2-3-5-17(16)22(26,27)28)19-18(24)10-14(11-29-19)13-6-8-15(23)9-7-13/h2-11H,12H2,1H3,(H,30,31). The molecule has 0 aliphatic heterocycles. The van der Waals surface area contributed by atoms with E-state index in [2.05, 4.69) is 10.3 Å². The van der Waals surface area contributed by atoms with Crippen molar-refractivity contribution in [3.8, 4) is 11.1 Å². The smallest absolute Gasteiger partial charge is 0.348 e. The number of aromatic nitrogens is 1. The van der Waals surface area contributed by atoms with Gasteiger partial charge in [-0.3, -0.25) is 9.78 Å². The summed E-state index contributed by atoms with van der Waals surface area (Å²) in [7, 11) is 0. The van der Waals surface area contributed by atoms with Gasteiger partial charge in [0, 0.05) is 16.8 Å². The van der Waals surface area contributed by atoms with E-state index in [9.17, 15) is 18.0 Å². The molecule has 3 aromatic rings. The van der Waals surface area contributed by atoms with E-state index in [1.54, 1.807) is 24.3 Å². The van der Waals surface area contributed by atoms with Crippen molar-refractivity contribution < 1.29 is 22.4 Å². The van der Waals surface area contributed by atoms with Crippen LogP contribution >= 0.6 is 23.2 Å². The van der Waals surface area contributed by atoms with Crippen molar-refractivity contribution in [3.63, 3.8) is 0 Å². The Morgan fingerprint density at radius 1 is 1.00 bits per heavy atom. The molecule has 162 valence electrons. The third-order valence-corrected chi connectivity index (χ3v) is 5.11. The first-order chi connectivity index (χ1) is 14.5. The van der Waals surface area contributed by atoms with Crippen molar-refractivity contribution in [2.75, 3.05) is 6.54 Å². The number of rotatable bonds is 5. The molecule has 0 aliphatic rings. The molecule has 3 rings (SSSR count). The lowest BCUT2D eigenvalue weighted by atomic mass is 10.0. The minimum Gasteiger partial charge on any atom is -0.348 e. The predicted octanol–water partition coefficient (Wildman–Crippen LogP) is 6.69. The largest absolute Gasteiger partial charge is 0.417 e. The zero-order valence-electron chi connectivity index (χ0n) is 16.1. The van der Waals surface area contributed by atoms with Crippen LogP contribution in [-0.2, 0) is 11.8 Å². The number of hydrogen-bond acceptors (Lipinski definition) is 2. The van der Waals surface area contributed by atoms with E-state index in [0.717, 1.165) is 24.6 Å². The number of nitrogens with zero attached hydrogens (tertiary/aromatic N) is 1. The van der Waals surface area contributed by atoms with Crippen LogP contribution in [0.25, 0.3) is 11.1 Å². The Balaban J connectivity index is 1.78. The Bertz CT molecular complexity index is 1100. The predicted molar refractivity (Wildman–Crippen MR) is 112 cm³/mol. The van der Waals surface area contributed by atoms with E-state index in [-0.39, 0.29) is 10.7 Å². The molecule has 1 heterocycles. The number of nitrogens with one attached hydrogen (secondary N) is 1. The van der Waals surface area contributed by atoms with Gasteiger partial charge in [-0.15, -0.1) is 0 Å². The van der Waals surface area contributed by atoms with E-state index >= 15 is 4.39 Å². The fourth-order valence-corrected chi connectivity index (χ4v) is 3.46. The summed E-state index contributed by atoms with van der Waals surface area (Å²) in [6, 6.07) is 12.7. The average Bonchev–Trinajstić information content (AvgIpc) is 2.71. The zero-order chi connectivity index (χ0) is 22.8. The van der Waals surface area contributed by atoms with Crippen LogP contribution in [0, 0.1) is 0 Å². The second-order valence-corrected chi connectivity index (χ2v) is 7.83. The summed E-state index contributed by atoms with van der Waals surface area (Å²) < 4.78 is 54.6. The molecular formula is C22H16Cl2F4N2O. The molecule has 2 aromatic carbocycles. The topological polar surface area (TPSA) is 42.0 Å². The fraction of sp³-hybridized carbons (Fsp3) is 0.182. The summed E-state index contributed by atoms with van der Waals surface area (Å²) in [4.78, 5) is 16.4. The quantitative estimate of drug-likeness (QED) is 0.422. The molecule has 1 aromatic heterocycles. The first-order valence-corrected chi connectivity index (χ1v) is 9.80. The summed E-state index contributed by atoms with van der Waals surface area (Å²) in [5, 5.41) is 2.77. The number of benzene rings is 2. The number of halogens is 6. The maximum absolute atomic E-state index is 15.3. The third kappa shape index (κ3) is 5.35. The monoisotopic (exact) mass is 470 g/mol. The zero-order valence-corrected chi connectivity index (χ0v) is 17.6. The van der Waals surface area contributed by atoms with Crippen LogP contribution in [-0.4, -0.2) is 17.4 Å². The van der Waals surface area contributed by atoms with Crippen molar-refractivity contribution >= 4 is 29.1 Å². The van der Waals surface area contributed by atoms with E-state index in [0.29, 0.717) is 10.6 Å². The highest BCUT2D eigenvalue weighted by Gasteiger charge is 2.36. The Hall–Kier alpha value is -2.64. The molecule has 0 spiro atoms. The van der Waals surface area contributed by atoms with Gasteiger partial charge in [-0.1, -0.05) is 47.5 Å². The summed E-state index contributed by atoms with van der Waals surface area (Å²) >= 11 is 12.1. The van der Waals surface area contributed by atoms with E-state index < -0.39 is 35.4 Å². The molecule has 1 atom stereocenters. The van der Waals surface area contributed by atoms with Gasteiger partial charge in [-0.25, -0.2) is 4.39 Å². The van der Waals surface area contributed by atoms with Gasteiger partial charge in [-0.2, -0.15) is 13.2 Å². The van der Waals surface area contributed by atoms with Crippen LogP contribution in [0.2, 0.25) is 10.0 Å². The van der Waals surface area contributed by atoms with Crippen LogP contribution in [0.4, 0.5) is 17.6 Å². The highest BCUT2D eigenvalue weighted by atomic mass is 35.5. The van der Waals surface area contributed by atoms with E-state index in [4.69, 9.17) is 23.2 Å². The molecule has 0 saturated heterocycles. The molecule has 0 fully saturated rings. The average molecular weight is 471 g/mol. The second-order valence-electron chi connectivity index (χ2n) is 6.98. The van der Waals surface area contributed by atoms with Gasteiger partial charge in [0.1, 0.15) is 0 Å². The van der Waals surface area contributed by atoms with Crippen molar-refractivity contribution in [2.24, 2.45) is 0 Å². The Labute approximate surface area is 186 Å². The Kier molecular flexibility index (Phi) is 6.57. The van der Waals surface area contributed by atoms with Crippen molar-refractivity contribution in [2.45, 2.75) is 18.8 Å². The number of carbonyl (C=O) groups is 1. The first-order valence-electron chi connectivity index (χ1n) is 9.04. The van der Waals surface area contributed by atoms with Gasteiger partial charge < -0.3 is 5.32 Å². The van der Waals surface area contributed by atoms with E-state index in [1.807, 2.05) is 0 Å². The highest BCUT2D eigenvalue weighted by molar-refractivity contribution is 6.31.